The minimum absolute atomic E-state index is 0. The van der Waals surface area contributed by atoms with E-state index in [1.807, 2.05) is 18.2 Å². The summed E-state index contributed by atoms with van der Waals surface area (Å²) in [6.07, 6.45) is 6.67. The van der Waals surface area contributed by atoms with Crippen LogP contribution in [0.3, 0.4) is 0 Å². The predicted octanol–water partition coefficient (Wildman–Crippen LogP) is 5.56. The Labute approximate surface area is 192 Å². The quantitative estimate of drug-likeness (QED) is 0.391. The fourth-order valence-electron chi connectivity index (χ4n) is 3.81. The molecular formula is C22H26Cl2FN3O3. The summed E-state index contributed by atoms with van der Waals surface area (Å²) in [6, 6.07) is 9.94. The molecule has 6 nitrogen and oxygen atoms in total. The number of nitrogens with one attached hydrogen (secondary N) is 2. The molecule has 1 heterocycles. The second kappa shape index (κ2) is 10.5. The van der Waals surface area contributed by atoms with Gasteiger partial charge in [-0.1, -0.05) is 24.4 Å². The molecule has 1 fully saturated rings. The van der Waals surface area contributed by atoms with Gasteiger partial charge < -0.3 is 24.8 Å². The van der Waals surface area contributed by atoms with E-state index < -0.39 is 11.7 Å². The highest BCUT2D eigenvalue weighted by molar-refractivity contribution is 6.30. The van der Waals surface area contributed by atoms with Crippen molar-refractivity contribution in [2.24, 2.45) is 4.99 Å². The predicted molar refractivity (Wildman–Crippen MR) is 123 cm³/mol. The monoisotopic (exact) mass is 469 g/mol. The number of rotatable bonds is 8. The van der Waals surface area contributed by atoms with E-state index in [1.54, 1.807) is 12.1 Å². The lowest BCUT2D eigenvalue weighted by atomic mass is 10.1. The van der Waals surface area contributed by atoms with Crippen molar-refractivity contribution in [1.82, 2.24) is 0 Å². The van der Waals surface area contributed by atoms with Crippen molar-refractivity contribution in [3.63, 3.8) is 0 Å². The summed E-state index contributed by atoms with van der Waals surface area (Å²) in [5.41, 5.74) is 1.69. The molecule has 2 aromatic rings. The molecule has 1 saturated carbocycles. The van der Waals surface area contributed by atoms with Gasteiger partial charge in [0.15, 0.2) is 0 Å². The topological polar surface area (TPSA) is 64.1 Å². The first-order valence-corrected chi connectivity index (χ1v) is 10.4. The Bertz CT molecular complexity index is 925. The SMILES string of the molecule is COC1(Nc2ccc(Cl)cc2F)N=CNc2cc(OCCOC3CCCC3)ccc21.Cl. The molecule has 1 aliphatic carbocycles. The Kier molecular flexibility index (Phi) is 8.00. The van der Waals surface area contributed by atoms with Crippen molar-refractivity contribution in [2.75, 3.05) is 31.0 Å². The third-order valence-corrected chi connectivity index (χ3v) is 5.60. The van der Waals surface area contributed by atoms with E-state index in [2.05, 4.69) is 15.6 Å². The molecule has 2 aromatic carbocycles. The van der Waals surface area contributed by atoms with Gasteiger partial charge in [-0.25, -0.2) is 9.38 Å². The number of hydrogen-bond donors (Lipinski definition) is 2. The molecule has 1 aliphatic heterocycles. The van der Waals surface area contributed by atoms with Crippen molar-refractivity contribution in [3.05, 3.63) is 52.8 Å². The van der Waals surface area contributed by atoms with Crippen molar-refractivity contribution in [2.45, 2.75) is 37.6 Å². The van der Waals surface area contributed by atoms with E-state index in [0.717, 1.165) is 18.5 Å². The van der Waals surface area contributed by atoms with Gasteiger partial charge in [0.2, 0.25) is 0 Å². The van der Waals surface area contributed by atoms with Crippen LogP contribution in [0.2, 0.25) is 5.02 Å². The molecule has 0 radical (unpaired) electrons. The second-order valence-corrected chi connectivity index (χ2v) is 7.77. The number of fused-ring (bicyclic) bond motifs is 1. The van der Waals surface area contributed by atoms with Gasteiger partial charge in [-0.15, -0.1) is 12.4 Å². The summed E-state index contributed by atoms with van der Waals surface area (Å²) in [5.74, 6) is -1.06. The average Bonchev–Trinajstić information content (AvgIpc) is 3.27. The molecule has 31 heavy (non-hydrogen) atoms. The standard InChI is InChI=1S/C22H25ClFN3O3.ClH/c1-28-22(27-20-9-6-15(23)12-19(20)24)18-8-7-17(13-21(18)25-14-26-22)30-11-10-29-16-4-2-3-5-16;/h6-9,12-14,16,27H,2-5,10-11H2,1H3,(H,25,26);1H. The number of aliphatic imine (C=N–C) groups is 1. The number of anilines is 2. The first kappa shape index (κ1) is 23.6. The average molecular weight is 470 g/mol. The third kappa shape index (κ3) is 5.41. The summed E-state index contributed by atoms with van der Waals surface area (Å²) < 4.78 is 31.7. The maximum atomic E-state index is 14.3. The zero-order chi connectivity index (χ0) is 21.0. The second-order valence-electron chi connectivity index (χ2n) is 7.33. The lowest BCUT2D eigenvalue weighted by molar-refractivity contribution is 0.0187. The minimum atomic E-state index is -1.28. The van der Waals surface area contributed by atoms with E-state index in [-0.39, 0.29) is 18.1 Å². The van der Waals surface area contributed by atoms with Crippen LogP contribution in [0.4, 0.5) is 15.8 Å². The van der Waals surface area contributed by atoms with Crippen LogP contribution in [0.5, 0.6) is 5.75 Å². The smallest absolute Gasteiger partial charge is 0.267 e. The highest BCUT2D eigenvalue weighted by atomic mass is 35.5. The summed E-state index contributed by atoms with van der Waals surface area (Å²) in [6.45, 7) is 1.04. The van der Waals surface area contributed by atoms with Gasteiger partial charge in [0, 0.05) is 18.2 Å². The molecule has 0 bridgehead atoms. The number of methoxy groups -OCH3 is 1. The highest BCUT2D eigenvalue weighted by Crippen LogP contribution is 2.38. The highest BCUT2D eigenvalue weighted by Gasteiger charge is 2.37. The molecule has 0 spiro atoms. The molecule has 2 aliphatic rings. The van der Waals surface area contributed by atoms with E-state index in [4.69, 9.17) is 25.8 Å². The normalized spacial score (nSPS) is 20.0. The van der Waals surface area contributed by atoms with Crippen LogP contribution in [0.15, 0.2) is 41.4 Å². The molecule has 0 saturated heterocycles. The molecule has 0 aromatic heterocycles. The van der Waals surface area contributed by atoms with Crippen LogP contribution < -0.4 is 15.4 Å². The van der Waals surface area contributed by atoms with Crippen molar-refractivity contribution >= 4 is 41.7 Å². The van der Waals surface area contributed by atoms with Crippen molar-refractivity contribution in [3.8, 4) is 5.75 Å². The zero-order valence-corrected chi connectivity index (χ0v) is 18.8. The van der Waals surface area contributed by atoms with Gasteiger partial charge >= 0.3 is 0 Å². The largest absolute Gasteiger partial charge is 0.491 e. The van der Waals surface area contributed by atoms with Crippen molar-refractivity contribution in [1.29, 1.82) is 0 Å². The molecule has 1 atom stereocenters. The van der Waals surface area contributed by atoms with Gasteiger partial charge in [-0.05, 0) is 43.2 Å². The van der Waals surface area contributed by atoms with Gasteiger partial charge in [-0.2, -0.15) is 0 Å². The molecule has 0 amide bonds. The van der Waals surface area contributed by atoms with E-state index in [1.165, 1.54) is 32.4 Å². The Balaban J connectivity index is 0.00000272. The Morgan fingerprint density at radius 3 is 2.74 bits per heavy atom. The lowest BCUT2D eigenvalue weighted by Crippen LogP contribution is -2.39. The number of hydrogen-bond acceptors (Lipinski definition) is 6. The maximum Gasteiger partial charge on any atom is 0.267 e. The van der Waals surface area contributed by atoms with Gasteiger partial charge in [0.1, 0.15) is 18.2 Å². The molecule has 4 rings (SSSR count). The van der Waals surface area contributed by atoms with E-state index in [0.29, 0.717) is 35.7 Å². The summed E-state index contributed by atoms with van der Waals surface area (Å²) >= 11 is 5.85. The Hall–Kier alpha value is -2.06. The van der Waals surface area contributed by atoms with Crippen LogP contribution in [-0.2, 0) is 15.3 Å². The fourth-order valence-corrected chi connectivity index (χ4v) is 3.97. The van der Waals surface area contributed by atoms with Gasteiger partial charge in [0.25, 0.3) is 5.85 Å². The maximum absolute atomic E-state index is 14.3. The van der Waals surface area contributed by atoms with Crippen LogP contribution >= 0.6 is 24.0 Å². The summed E-state index contributed by atoms with van der Waals surface area (Å²) in [4.78, 5) is 4.40. The number of halogens is 3. The van der Waals surface area contributed by atoms with E-state index in [9.17, 15) is 4.39 Å². The third-order valence-electron chi connectivity index (χ3n) is 5.36. The fraction of sp³-hybridized carbons (Fsp3) is 0.409. The summed E-state index contributed by atoms with van der Waals surface area (Å²) in [5, 5.41) is 6.46. The number of nitrogens with zero attached hydrogens (tertiary/aromatic N) is 1. The van der Waals surface area contributed by atoms with Gasteiger partial charge in [0.05, 0.1) is 36.0 Å². The van der Waals surface area contributed by atoms with Crippen LogP contribution in [0.25, 0.3) is 0 Å². The molecule has 9 heteroatoms. The summed E-state index contributed by atoms with van der Waals surface area (Å²) in [7, 11) is 1.51. The zero-order valence-electron chi connectivity index (χ0n) is 17.2. The van der Waals surface area contributed by atoms with Gasteiger partial charge in [-0.3, -0.25) is 0 Å². The van der Waals surface area contributed by atoms with Crippen LogP contribution in [0, 0.1) is 5.82 Å². The van der Waals surface area contributed by atoms with Crippen LogP contribution in [-0.4, -0.2) is 32.8 Å². The Morgan fingerprint density at radius 2 is 2.00 bits per heavy atom. The Morgan fingerprint density at radius 1 is 1.19 bits per heavy atom. The molecule has 1 unspecified atom stereocenters. The van der Waals surface area contributed by atoms with Crippen molar-refractivity contribution < 1.29 is 18.6 Å². The van der Waals surface area contributed by atoms with E-state index >= 15 is 0 Å². The van der Waals surface area contributed by atoms with Crippen LogP contribution in [0.1, 0.15) is 31.2 Å². The molecule has 2 N–H and O–H groups in total. The first-order valence-electron chi connectivity index (χ1n) is 10.1. The lowest BCUT2D eigenvalue weighted by Gasteiger charge is -2.34. The minimum Gasteiger partial charge on any atom is -0.491 e. The molecular weight excluding hydrogens is 444 g/mol. The number of ether oxygens (including phenoxy) is 3. The first-order chi connectivity index (χ1) is 14.6. The molecule has 168 valence electrons. The number of benzene rings is 2.